The highest BCUT2D eigenvalue weighted by molar-refractivity contribution is 6.00. The summed E-state index contributed by atoms with van der Waals surface area (Å²) in [6, 6.07) is 6.18. The van der Waals surface area contributed by atoms with Crippen LogP contribution in [-0.2, 0) is 23.8 Å². The Hall–Kier alpha value is -4.35. The van der Waals surface area contributed by atoms with Crippen LogP contribution >= 0.6 is 0 Å². The number of phenolic OH excluding ortho intramolecular Hbond substituents is 1. The summed E-state index contributed by atoms with van der Waals surface area (Å²) in [6.45, 7) is 4.01. The first-order chi connectivity index (χ1) is 19.5. The molecule has 3 aromatic rings. The van der Waals surface area contributed by atoms with E-state index in [0.717, 1.165) is 30.2 Å². The van der Waals surface area contributed by atoms with Gasteiger partial charge in [0.05, 0.1) is 34.2 Å². The SMILES string of the molecule is C=CC(=O)N1CCc2nn(-c3ccc(C4CC4)cc3O)c3c2C(C1)N(C(=O)c1ccc(C(F)(F)F)c(F)c1N)CC3. The van der Waals surface area contributed by atoms with E-state index in [4.69, 9.17) is 10.8 Å². The largest absolute Gasteiger partial charge is 0.506 e. The number of carbonyl (C=O) groups excluding carboxylic acids is 2. The molecule has 3 heterocycles. The minimum Gasteiger partial charge on any atom is -0.506 e. The highest BCUT2D eigenvalue weighted by Crippen LogP contribution is 2.43. The van der Waals surface area contributed by atoms with Crippen molar-refractivity contribution in [2.75, 3.05) is 25.4 Å². The van der Waals surface area contributed by atoms with Crippen molar-refractivity contribution in [3.05, 3.63) is 82.4 Å². The van der Waals surface area contributed by atoms with Crippen LogP contribution < -0.4 is 5.73 Å². The maximum atomic E-state index is 14.7. The number of halogens is 4. The van der Waals surface area contributed by atoms with Gasteiger partial charge in [0.2, 0.25) is 5.91 Å². The fourth-order valence-corrected chi connectivity index (χ4v) is 5.91. The molecule has 214 valence electrons. The van der Waals surface area contributed by atoms with E-state index in [0.29, 0.717) is 41.8 Å². The van der Waals surface area contributed by atoms with Gasteiger partial charge in [-0.3, -0.25) is 9.59 Å². The van der Waals surface area contributed by atoms with E-state index in [1.54, 1.807) is 10.7 Å². The molecule has 3 aliphatic rings. The molecule has 1 aliphatic carbocycles. The first kappa shape index (κ1) is 26.9. The smallest absolute Gasteiger partial charge is 0.419 e. The number of nitrogen functional groups attached to an aromatic ring is 1. The summed E-state index contributed by atoms with van der Waals surface area (Å²) >= 11 is 0. The number of nitrogens with zero attached hydrogens (tertiary/aromatic N) is 4. The maximum Gasteiger partial charge on any atom is 0.419 e. The van der Waals surface area contributed by atoms with Gasteiger partial charge in [-0.15, -0.1) is 0 Å². The van der Waals surface area contributed by atoms with Crippen molar-refractivity contribution < 1.29 is 32.3 Å². The van der Waals surface area contributed by atoms with E-state index in [1.165, 1.54) is 15.9 Å². The Balaban J connectivity index is 1.42. The molecule has 2 amide bonds. The molecule has 0 bridgehead atoms. The van der Waals surface area contributed by atoms with Crippen molar-refractivity contribution >= 4 is 17.5 Å². The lowest BCUT2D eigenvalue weighted by atomic mass is 9.94. The standard InChI is InChI=1S/C29H27F4N5O3/c1-2-24(40)36-11-9-19-25-21(38(35-19)20-8-5-16(13-23(20)39)15-3-4-15)10-12-37(22(25)14-36)28(41)17-6-7-18(29(31,32)33)26(30)27(17)34/h2,5-8,13,15,22,39H,1,3-4,9-12,14,34H2. The molecule has 6 rings (SSSR count). The Labute approximate surface area is 232 Å². The third-order valence-corrected chi connectivity index (χ3v) is 8.15. The van der Waals surface area contributed by atoms with Crippen LogP contribution in [0.25, 0.3) is 5.69 Å². The average molecular weight is 570 g/mol. The van der Waals surface area contributed by atoms with Gasteiger partial charge in [0.25, 0.3) is 5.91 Å². The lowest BCUT2D eigenvalue weighted by Crippen LogP contribution is -2.46. The summed E-state index contributed by atoms with van der Waals surface area (Å²) in [4.78, 5) is 29.3. The van der Waals surface area contributed by atoms with Crippen molar-refractivity contribution in [3.63, 3.8) is 0 Å². The first-order valence-electron chi connectivity index (χ1n) is 13.3. The Bertz CT molecular complexity index is 1590. The summed E-state index contributed by atoms with van der Waals surface area (Å²) in [5.74, 6) is -2.29. The Morgan fingerprint density at radius 2 is 1.88 bits per heavy atom. The number of aromatic nitrogens is 2. The van der Waals surface area contributed by atoms with Crippen LogP contribution in [0.3, 0.4) is 0 Å². The molecular formula is C29H27F4N5O3. The highest BCUT2D eigenvalue weighted by Gasteiger charge is 2.42. The minimum absolute atomic E-state index is 0.0674. The summed E-state index contributed by atoms with van der Waals surface area (Å²) < 4.78 is 56.0. The van der Waals surface area contributed by atoms with E-state index < -0.39 is 40.8 Å². The Morgan fingerprint density at radius 3 is 2.54 bits per heavy atom. The topological polar surface area (TPSA) is 105 Å². The summed E-state index contributed by atoms with van der Waals surface area (Å²) in [5.41, 5.74) is 6.51. The second-order valence-electron chi connectivity index (χ2n) is 10.6. The lowest BCUT2D eigenvalue weighted by molar-refractivity contribution is -0.139. The molecule has 41 heavy (non-hydrogen) atoms. The zero-order valence-corrected chi connectivity index (χ0v) is 21.9. The average Bonchev–Trinajstić information content (AvgIpc) is 3.74. The summed E-state index contributed by atoms with van der Waals surface area (Å²) in [6.07, 6.45) is -0.975. The zero-order chi connectivity index (χ0) is 29.2. The molecule has 12 heteroatoms. The van der Waals surface area contributed by atoms with Crippen molar-refractivity contribution in [1.29, 1.82) is 0 Å². The molecule has 3 N–H and O–H groups in total. The van der Waals surface area contributed by atoms with Gasteiger partial charge < -0.3 is 20.6 Å². The monoisotopic (exact) mass is 569 g/mol. The van der Waals surface area contributed by atoms with Crippen molar-refractivity contribution in [3.8, 4) is 11.4 Å². The molecule has 1 fully saturated rings. The first-order valence-corrected chi connectivity index (χ1v) is 13.3. The van der Waals surface area contributed by atoms with Crippen molar-refractivity contribution in [2.24, 2.45) is 0 Å². The molecule has 8 nitrogen and oxygen atoms in total. The second-order valence-corrected chi connectivity index (χ2v) is 10.6. The second kappa shape index (κ2) is 9.64. The third kappa shape index (κ3) is 4.51. The van der Waals surface area contributed by atoms with E-state index in [2.05, 4.69) is 6.58 Å². The van der Waals surface area contributed by atoms with Gasteiger partial charge in [-0.2, -0.15) is 18.3 Å². The highest BCUT2D eigenvalue weighted by atomic mass is 19.4. The molecule has 0 radical (unpaired) electrons. The fraction of sp³-hybridized carbons (Fsp3) is 0.345. The van der Waals surface area contributed by atoms with Gasteiger partial charge >= 0.3 is 6.18 Å². The number of amides is 2. The maximum absolute atomic E-state index is 14.7. The number of benzene rings is 2. The van der Waals surface area contributed by atoms with Crippen LogP contribution in [0.4, 0.5) is 23.2 Å². The normalized spacial score (nSPS) is 18.6. The number of hydrogen-bond donors (Lipinski definition) is 2. The van der Waals surface area contributed by atoms with Gasteiger partial charge in [0.1, 0.15) is 11.4 Å². The van der Waals surface area contributed by atoms with Gasteiger partial charge in [0, 0.05) is 38.0 Å². The van der Waals surface area contributed by atoms with Crippen LogP contribution in [0.15, 0.2) is 43.0 Å². The van der Waals surface area contributed by atoms with Crippen LogP contribution in [-0.4, -0.2) is 56.1 Å². The molecule has 1 unspecified atom stereocenters. The van der Waals surface area contributed by atoms with Gasteiger partial charge in [-0.1, -0.05) is 12.6 Å². The molecule has 1 saturated carbocycles. The number of carbonyl (C=O) groups is 2. The number of aromatic hydroxyl groups is 1. The molecule has 1 aromatic heterocycles. The van der Waals surface area contributed by atoms with Gasteiger partial charge in [-0.25, -0.2) is 9.07 Å². The predicted molar refractivity (Wildman–Crippen MR) is 141 cm³/mol. The van der Waals surface area contributed by atoms with Crippen LogP contribution in [0.1, 0.15) is 63.2 Å². The van der Waals surface area contributed by atoms with E-state index in [9.17, 15) is 32.3 Å². The van der Waals surface area contributed by atoms with E-state index in [-0.39, 0.29) is 31.3 Å². The van der Waals surface area contributed by atoms with Crippen LogP contribution in [0, 0.1) is 5.82 Å². The summed E-state index contributed by atoms with van der Waals surface area (Å²) in [7, 11) is 0. The molecule has 1 atom stereocenters. The molecule has 2 aromatic carbocycles. The number of nitrogens with two attached hydrogens (primary N) is 1. The number of rotatable bonds is 4. The van der Waals surface area contributed by atoms with Gasteiger partial charge in [-0.05, 0) is 54.7 Å². The molecule has 0 spiro atoms. The fourth-order valence-electron chi connectivity index (χ4n) is 5.91. The number of alkyl halides is 3. The third-order valence-electron chi connectivity index (χ3n) is 8.15. The quantitative estimate of drug-likeness (QED) is 0.274. The van der Waals surface area contributed by atoms with Crippen LogP contribution in [0.5, 0.6) is 5.75 Å². The van der Waals surface area contributed by atoms with Crippen molar-refractivity contribution in [1.82, 2.24) is 19.6 Å². The number of anilines is 1. The summed E-state index contributed by atoms with van der Waals surface area (Å²) in [5, 5.41) is 15.7. The number of hydrogen-bond acceptors (Lipinski definition) is 5. The van der Waals surface area contributed by atoms with E-state index >= 15 is 0 Å². The minimum atomic E-state index is -4.97. The van der Waals surface area contributed by atoms with E-state index in [1.807, 2.05) is 12.1 Å². The number of phenols is 1. The molecule has 2 aliphatic heterocycles. The lowest BCUT2D eigenvalue weighted by Gasteiger charge is -2.38. The van der Waals surface area contributed by atoms with Crippen LogP contribution in [0.2, 0.25) is 0 Å². The Kier molecular flexibility index (Phi) is 6.31. The predicted octanol–water partition coefficient (Wildman–Crippen LogP) is 4.51. The Morgan fingerprint density at radius 1 is 1.12 bits per heavy atom. The molecular weight excluding hydrogens is 542 g/mol. The van der Waals surface area contributed by atoms with Gasteiger partial charge in [0.15, 0.2) is 5.82 Å². The molecule has 0 saturated heterocycles. The van der Waals surface area contributed by atoms with Crippen molar-refractivity contribution in [2.45, 2.75) is 43.8 Å². The zero-order valence-electron chi connectivity index (χ0n) is 21.9.